The number of carboxylic acids is 1. The molecule has 0 bridgehead atoms. The Hall–Kier alpha value is -3.42. The van der Waals surface area contributed by atoms with Crippen molar-refractivity contribution in [1.82, 2.24) is 20.1 Å². The smallest absolute Gasteiger partial charge is 0.306 e. The molecule has 28 heavy (non-hydrogen) atoms. The van der Waals surface area contributed by atoms with Gasteiger partial charge in [0.05, 0.1) is 30.3 Å². The van der Waals surface area contributed by atoms with E-state index in [9.17, 15) is 14.7 Å². The van der Waals surface area contributed by atoms with E-state index in [4.69, 9.17) is 4.74 Å². The van der Waals surface area contributed by atoms with Crippen LogP contribution in [0.4, 0.5) is 0 Å². The molecule has 1 unspecified atom stereocenters. The number of nitrogens with zero attached hydrogens (tertiary/aromatic N) is 3. The Morgan fingerprint density at radius 2 is 2.07 bits per heavy atom. The van der Waals surface area contributed by atoms with Crippen LogP contribution in [-0.4, -0.2) is 38.9 Å². The highest BCUT2D eigenvalue weighted by Gasteiger charge is 2.32. The number of amides is 1. The van der Waals surface area contributed by atoms with Gasteiger partial charge >= 0.3 is 5.97 Å². The summed E-state index contributed by atoms with van der Waals surface area (Å²) in [4.78, 5) is 28.7. The lowest BCUT2D eigenvalue weighted by atomic mass is 9.88. The Morgan fingerprint density at radius 1 is 1.32 bits per heavy atom. The zero-order valence-electron chi connectivity index (χ0n) is 16.2. The minimum Gasteiger partial charge on any atom is -0.497 e. The molecule has 1 atom stereocenters. The van der Waals surface area contributed by atoms with E-state index >= 15 is 0 Å². The lowest BCUT2D eigenvalue weighted by Crippen LogP contribution is -2.45. The number of carbonyl (C=O) groups is 2. The van der Waals surface area contributed by atoms with Crippen LogP contribution in [0.15, 0.2) is 36.5 Å². The number of pyridine rings is 1. The summed E-state index contributed by atoms with van der Waals surface area (Å²) in [5.41, 5.74) is 1.28. The van der Waals surface area contributed by atoms with Crippen molar-refractivity contribution in [2.24, 2.45) is 7.05 Å². The Morgan fingerprint density at radius 3 is 2.75 bits per heavy atom. The van der Waals surface area contributed by atoms with Gasteiger partial charge in [-0.3, -0.25) is 14.3 Å². The summed E-state index contributed by atoms with van der Waals surface area (Å²) >= 11 is 0. The molecule has 0 aliphatic rings. The fourth-order valence-electron chi connectivity index (χ4n) is 3.24. The molecule has 2 aromatic heterocycles. The quantitative estimate of drug-likeness (QED) is 0.678. The summed E-state index contributed by atoms with van der Waals surface area (Å²) in [7, 11) is 3.32. The van der Waals surface area contributed by atoms with E-state index in [0.29, 0.717) is 22.5 Å². The van der Waals surface area contributed by atoms with E-state index in [1.165, 1.54) is 13.3 Å². The minimum absolute atomic E-state index is 0.284. The molecule has 0 aliphatic carbocycles. The Kier molecular flexibility index (Phi) is 5.04. The van der Waals surface area contributed by atoms with Gasteiger partial charge in [-0.2, -0.15) is 5.10 Å². The number of aryl methyl sites for hydroxylation is 2. The molecule has 3 rings (SSSR count). The predicted octanol–water partition coefficient (Wildman–Crippen LogP) is 2.41. The predicted molar refractivity (Wildman–Crippen MR) is 103 cm³/mol. The van der Waals surface area contributed by atoms with Crippen LogP contribution in [0.25, 0.3) is 11.0 Å². The first-order valence-corrected chi connectivity index (χ1v) is 8.71. The lowest BCUT2D eigenvalue weighted by molar-refractivity contribution is -0.138. The SMILES string of the molecule is COc1cccc(C(C)(CC(=O)O)NC(=O)c2cnc3c(c2)c(C)nn3C)c1. The number of hydrogen-bond donors (Lipinski definition) is 2. The molecular weight excluding hydrogens is 360 g/mol. The number of carbonyl (C=O) groups excluding carboxylic acids is 1. The van der Waals surface area contributed by atoms with Gasteiger partial charge in [0.2, 0.25) is 0 Å². The maximum absolute atomic E-state index is 12.9. The number of fused-ring (bicyclic) bond motifs is 1. The Labute approximate surface area is 162 Å². The molecule has 2 N–H and O–H groups in total. The molecule has 8 heteroatoms. The summed E-state index contributed by atoms with van der Waals surface area (Å²) in [5, 5.41) is 17.3. The summed E-state index contributed by atoms with van der Waals surface area (Å²) in [6.45, 7) is 3.52. The molecule has 0 radical (unpaired) electrons. The van der Waals surface area contributed by atoms with Crippen molar-refractivity contribution in [1.29, 1.82) is 0 Å². The standard InChI is InChI=1S/C20H22N4O4/c1-12-16-8-13(11-21-18(16)24(3)23-12)19(27)22-20(2,10-17(25)26)14-6-5-7-15(9-14)28-4/h5-9,11H,10H2,1-4H3,(H,22,27)(H,25,26). The van der Waals surface area contributed by atoms with Gasteiger partial charge in [-0.05, 0) is 37.6 Å². The second-order valence-corrected chi connectivity index (χ2v) is 6.89. The van der Waals surface area contributed by atoms with Crippen LogP contribution >= 0.6 is 0 Å². The second-order valence-electron chi connectivity index (χ2n) is 6.89. The van der Waals surface area contributed by atoms with Gasteiger partial charge in [-0.15, -0.1) is 0 Å². The van der Waals surface area contributed by atoms with Crippen molar-refractivity contribution >= 4 is 22.9 Å². The van der Waals surface area contributed by atoms with E-state index < -0.39 is 17.4 Å². The number of benzene rings is 1. The summed E-state index contributed by atoms with van der Waals surface area (Å²) in [6.07, 6.45) is 1.18. The van der Waals surface area contributed by atoms with Gasteiger partial charge in [0.15, 0.2) is 5.65 Å². The normalized spacial score (nSPS) is 13.1. The number of hydrogen-bond acceptors (Lipinski definition) is 5. The molecule has 0 saturated heterocycles. The van der Waals surface area contributed by atoms with Gasteiger partial charge in [0.1, 0.15) is 5.75 Å². The number of carboxylic acid groups (broad SMARTS) is 1. The Balaban J connectivity index is 1.97. The molecule has 0 spiro atoms. The van der Waals surface area contributed by atoms with Gasteiger partial charge in [-0.25, -0.2) is 4.98 Å². The first-order chi connectivity index (χ1) is 13.2. The second kappa shape index (κ2) is 7.30. The molecule has 0 fully saturated rings. The lowest BCUT2D eigenvalue weighted by Gasteiger charge is -2.30. The fraction of sp³-hybridized carbons (Fsp3) is 0.300. The Bertz CT molecular complexity index is 1060. The van der Waals surface area contributed by atoms with Gasteiger partial charge in [0, 0.05) is 18.6 Å². The summed E-state index contributed by atoms with van der Waals surface area (Å²) in [6, 6.07) is 8.71. The first kappa shape index (κ1) is 19.3. The van der Waals surface area contributed by atoms with Crippen molar-refractivity contribution < 1.29 is 19.4 Å². The minimum atomic E-state index is -1.13. The number of ether oxygens (including phenoxy) is 1. The highest BCUT2D eigenvalue weighted by Crippen LogP contribution is 2.28. The maximum atomic E-state index is 12.9. The third-order valence-electron chi connectivity index (χ3n) is 4.73. The zero-order chi connectivity index (χ0) is 20.5. The first-order valence-electron chi connectivity index (χ1n) is 8.71. The van der Waals surface area contributed by atoms with E-state index in [-0.39, 0.29) is 6.42 Å². The maximum Gasteiger partial charge on any atom is 0.306 e. The molecular formula is C20H22N4O4. The average molecular weight is 382 g/mol. The van der Waals surface area contributed by atoms with Crippen molar-refractivity contribution in [3.05, 3.63) is 53.3 Å². The highest BCUT2D eigenvalue weighted by atomic mass is 16.5. The van der Waals surface area contributed by atoms with Gasteiger partial charge < -0.3 is 15.2 Å². The van der Waals surface area contributed by atoms with Crippen LogP contribution in [0.1, 0.15) is 35.0 Å². The van der Waals surface area contributed by atoms with Gasteiger partial charge in [0.25, 0.3) is 5.91 Å². The van der Waals surface area contributed by atoms with Crippen LogP contribution in [0, 0.1) is 6.92 Å². The summed E-state index contributed by atoms with van der Waals surface area (Å²) in [5.74, 6) is -0.857. The molecule has 1 amide bonds. The van der Waals surface area contributed by atoms with Crippen molar-refractivity contribution in [3.63, 3.8) is 0 Å². The monoisotopic (exact) mass is 382 g/mol. The zero-order valence-corrected chi connectivity index (χ0v) is 16.2. The average Bonchev–Trinajstić information content (AvgIpc) is 2.94. The van der Waals surface area contributed by atoms with Crippen molar-refractivity contribution in [3.8, 4) is 5.75 Å². The van der Waals surface area contributed by atoms with E-state index in [1.54, 1.807) is 49.0 Å². The summed E-state index contributed by atoms with van der Waals surface area (Å²) < 4.78 is 6.88. The molecule has 8 nitrogen and oxygen atoms in total. The number of aromatic nitrogens is 3. The number of aliphatic carboxylic acids is 1. The third kappa shape index (κ3) is 3.66. The van der Waals surface area contributed by atoms with Gasteiger partial charge in [-0.1, -0.05) is 12.1 Å². The van der Waals surface area contributed by atoms with Crippen LogP contribution in [-0.2, 0) is 17.4 Å². The largest absolute Gasteiger partial charge is 0.497 e. The third-order valence-corrected chi connectivity index (χ3v) is 4.73. The van der Waals surface area contributed by atoms with Crippen LogP contribution in [0.2, 0.25) is 0 Å². The number of rotatable bonds is 6. The molecule has 1 aromatic carbocycles. The van der Waals surface area contributed by atoms with Crippen LogP contribution in [0.5, 0.6) is 5.75 Å². The van der Waals surface area contributed by atoms with Crippen LogP contribution in [0.3, 0.4) is 0 Å². The van der Waals surface area contributed by atoms with E-state index in [0.717, 1.165) is 11.1 Å². The van der Waals surface area contributed by atoms with E-state index in [1.807, 2.05) is 6.92 Å². The van der Waals surface area contributed by atoms with Crippen molar-refractivity contribution in [2.45, 2.75) is 25.8 Å². The van der Waals surface area contributed by atoms with E-state index in [2.05, 4.69) is 15.4 Å². The number of methoxy groups -OCH3 is 1. The van der Waals surface area contributed by atoms with Crippen molar-refractivity contribution in [2.75, 3.05) is 7.11 Å². The highest BCUT2D eigenvalue weighted by molar-refractivity contribution is 5.98. The molecule has 146 valence electrons. The molecule has 3 aromatic rings. The number of nitrogens with one attached hydrogen (secondary N) is 1. The topological polar surface area (TPSA) is 106 Å². The fourth-order valence-corrected chi connectivity index (χ4v) is 3.24. The molecule has 0 aliphatic heterocycles. The molecule has 0 saturated carbocycles. The van der Waals surface area contributed by atoms with Crippen LogP contribution < -0.4 is 10.1 Å². The molecule has 2 heterocycles.